The maximum absolute atomic E-state index is 12.5. The summed E-state index contributed by atoms with van der Waals surface area (Å²) in [6.07, 6.45) is 1.61. The Morgan fingerprint density at radius 3 is 2.50 bits per heavy atom. The maximum atomic E-state index is 12.5. The lowest BCUT2D eigenvalue weighted by atomic mass is 10.1. The number of aromatic amines is 1. The molecule has 0 aliphatic rings. The Kier molecular flexibility index (Phi) is 4.81. The molecule has 1 N–H and O–H groups in total. The van der Waals surface area contributed by atoms with Crippen molar-refractivity contribution in [3.05, 3.63) is 88.0 Å². The molecule has 4 rings (SSSR count). The first kappa shape index (κ1) is 18.2. The normalized spacial score (nSPS) is 11.7. The second-order valence-corrected chi connectivity index (χ2v) is 7.45. The smallest absolute Gasteiger partial charge is 0.259 e. The molecule has 2 aromatic heterocycles. The number of hydrogen-bond donors (Lipinski definition) is 1. The minimum Gasteiger partial charge on any atom is -0.545 e. The highest BCUT2D eigenvalue weighted by Crippen LogP contribution is 2.31. The third-order valence-electron chi connectivity index (χ3n) is 4.13. The number of rotatable bonds is 4. The summed E-state index contributed by atoms with van der Waals surface area (Å²) < 4.78 is 0. The summed E-state index contributed by atoms with van der Waals surface area (Å²) in [4.78, 5) is 32.0. The largest absolute Gasteiger partial charge is 0.545 e. The summed E-state index contributed by atoms with van der Waals surface area (Å²) in [7, 11) is 0. The van der Waals surface area contributed by atoms with E-state index in [2.05, 4.69) is 9.97 Å². The molecule has 0 bridgehead atoms. The summed E-state index contributed by atoms with van der Waals surface area (Å²) in [6, 6.07) is 17.6. The molecule has 2 aromatic carbocycles. The van der Waals surface area contributed by atoms with Gasteiger partial charge in [0.1, 0.15) is 4.83 Å². The van der Waals surface area contributed by atoms with Crippen molar-refractivity contribution in [3.8, 4) is 10.4 Å². The number of carboxylic acids is 1. The van der Waals surface area contributed by atoms with Crippen molar-refractivity contribution >= 4 is 50.2 Å². The summed E-state index contributed by atoms with van der Waals surface area (Å²) in [5, 5.41) is 11.6. The number of H-pyrrole nitrogens is 1. The molecule has 2 heterocycles. The van der Waals surface area contributed by atoms with Crippen molar-refractivity contribution in [2.24, 2.45) is 0 Å². The van der Waals surface area contributed by atoms with E-state index in [0.717, 1.165) is 10.4 Å². The Bertz CT molecular complexity index is 1260. The van der Waals surface area contributed by atoms with E-state index >= 15 is 0 Å². The van der Waals surface area contributed by atoms with Gasteiger partial charge in [0, 0.05) is 4.88 Å². The summed E-state index contributed by atoms with van der Waals surface area (Å²) in [5.41, 5.74) is 1.50. The predicted molar refractivity (Wildman–Crippen MR) is 110 cm³/mol. The zero-order valence-corrected chi connectivity index (χ0v) is 15.9. The van der Waals surface area contributed by atoms with Crippen molar-refractivity contribution in [1.82, 2.24) is 9.97 Å². The van der Waals surface area contributed by atoms with Crippen molar-refractivity contribution in [2.45, 2.75) is 0 Å². The lowest BCUT2D eigenvalue weighted by Crippen LogP contribution is -2.21. The molecule has 138 valence electrons. The van der Waals surface area contributed by atoms with Crippen LogP contribution in [0.2, 0.25) is 0 Å². The molecule has 0 radical (unpaired) electrons. The lowest BCUT2D eigenvalue weighted by Gasteiger charge is -2.03. The van der Waals surface area contributed by atoms with Gasteiger partial charge < -0.3 is 14.9 Å². The number of carbonyl (C=O) groups excluding carboxylic acids is 1. The fourth-order valence-electron chi connectivity index (χ4n) is 2.72. The molecule has 0 amide bonds. The Hall–Kier alpha value is -3.22. The molecular weight excluding hydrogens is 396 g/mol. The van der Waals surface area contributed by atoms with Crippen LogP contribution in [0.3, 0.4) is 0 Å². The molecule has 0 saturated heterocycles. The zero-order valence-electron chi connectivity index (χ0n) is 14.3. The van der Waals surface area contributed by atoms with Crippen LogP contribution in [0.15, 0.2) is 65.5 Å². The standard InChI is InChI=1S/C21H13ClN2O3S/c22-16(10-12-6-8-14(9-7-12)21(26)27)18-23-19(25)15-11-17(28-20(15)24-18)13-4-2-1-3-5-13/h1-11H,(H,26,27)(H,23,24,25)/p-1/b16-10-. The number of fused-ring (bicyclic) bond motifs is 1. The van der Waals surface area contributed by atoms with E-state index < -0.39 is 5.97 Å². The minimum atomic E-state index is -1.25. The lowest BCUT2D eigenvalue weighted by molar-refractivity contribution is -0.255. The average molecular weight is 408 g/mol. The highest BCUT2D eigenvalue weighted by molar-refractivity contribution is 7.21. The third-order valence-corrected chi connectivity index (χ3v) is 5.49. The van der Waals surface area contributed by atoms with E-state index in [-0.39, 0.29) is 22.0 Å². The number of carboxylic acid groups (broad SMARTS) is 1. The summed E-state index contributed by atoms with van der Waals surface area (Å²) >= 11 is 7.76. The van der Waals surface area contributed by atoms with Gasteiger partial charge in [0.15, 0.2) is 5.82 Å². The maximum Gasteiger partial charge on any atom is 0.259 e. The molecule has 28 heavy (non-hydrogen) atoms. The highest BCUT2D eigenvalue weighted by atomic mass is 35.5. The number of carbonyl (C=O) groups is 1. The van der Waals surface area contributed by atoms with Crippen LogP contribution >= 0.6 is 22.9 Å². The Morgan fingerprint density at radius 2 is 1.82 bits per heavy atom. The van der Waals surface area contributed by atoms with Crippen LogP contribution < -0.4 is 10.7 Å². The topological polar surface area (TPSA) is 85.9 Å². The van der Waals surface area contributed by atoms with Gasteiger partial charge >= 0.3 is 0 Å². The molecule has 0 aliphatic heterocycles. The monoisotopic (exact) mass is 407 g/mol. The van der Waals surface area contributed by atoms with Gasteiger partial charge in [-0.1, -0.05) is 66.2 Å². The van der Waals surface area contributed by atoms with Crippen molar-refractivity contribution in [2.75, 3.05) is 0 Å². The van der Waals surface area contributed by atoms with Crippen LogP contribution in [0.4, 0.5) is 0 Å². The van der Waals surface area contributed by atoms with Gasteiger partial charge in [-0.15, -0.1) is 11.3 Å². The average Bonchev–Trinajstić information content (AvgIpc) is 3.14. The van der Waals surface area contributed by atoms with Gasteiger partial charge in [-0.2, -0.15) is 0 Å². The van der Waals surface area contributed by atoms with E-state index in [1.807, 2.05) is 36.4 Å². The molecule has 0 spiro atoms. The van der Waals surface area contributed by atoms with Gasteiger partial charge in [0.2, 0.25) is 0 Å². The van der Waals surface area contributed by atoms with E-state index in [9.17, 15) is 14.7 Å². The second kappa shape index (κ2) is 7.42. The van der Waals surface area contributed by atoms with Gasteiger partial charge in [-0.05, 0) is 28.8 Å². The van der Waals surface area contributed by atoms with Crippen LogP contribution in [0.1, 0.15) is 21.7 Å². The summed E-state index contributed by atoms with van der Waals surface area (Å²) in [6.45, 7) is 0. The van der Waals surface area contributed by atoms with Crippen LogP contribution in [-0.4, -0.2) is 15.9 Å². The van der Waals surface area contributed by atoms with E-state index in [1.54, 1.807) is 18.2 Å². The molecule has 4 aromatic rings. The van der Waals surface area contributed by atoms with E-state index in [1.165, 1.54) is 23.5 Å². The van der Waals surface area contributed by atoms with E-state index in [4.69, 9.17) is 11.6 Å². The molecule has 7 heteroatoms. The molecule has 0 fully saturated rings. The first-order valence-corrected chi connectivity index (χ1v) is 9.49. The SMILES string of the molecule is O=C([O-])c1ccc(/C=C(\Cl)c2nc3sc(-c4ccccc4)cc3c(=O)[nH]2)cc1. The molecule has 0 atom stereocenters. The number of hydrogen-bond acceptors (Lipinski definition) is 5. The van der Waals surface area contributed by atoms with Gasteiger partial charge in [0.25, 0.3) is 5.56 Å². The summed E-state index contributed by atoms with van der Waals surface area (Å²) in [5.74, 6) is -0.991. The highest BCUT2D eigenvalue weighted by Gasteiger charge is 2.12. The minimum absolute atomic E-state index is 0.0771. The van der Waals surface area contributed by atoms with E-state index in [0.29, 0.717) is 15.8 Å². The first-order chi connectivity index (χ1) is 13.5. The third kappa shape index (κ3) is 3.60. The Labute approximate surface area is 168 Å². The number of nitrogens with zero attached hydrogens (tertiary/aromatic N) is 1. The van der Waals surface area contributed by atoms with Crippen LogP contribution in [-0.2, 0) is 0 Å². The second-order valence-electron chi connectivity index (χ2n) is 6.01. The Morgan fingerprint density at radius 1 is 1.11 bits per heavy atom. The van der Waals surface area contributed by atoms with Crippen LogP contribution in [0.25, 0.3) is 31.8 Å². The fourth-order valence-corrected chi connectivity index (χ4v) is 3.97. The molecule has 0 saturated carbocycles. The molecular formula is C21H12ClN2O3S-. The number of halogens is 1. The van der Waals surface area contributed by atoms with Crippen molar-refractivity contribution in [3.63, 3.8) is 0 Å². The van der Waals surface area contributed by atoms with Crippen molar-refractivity contribution in [1.29, 1.82) is 0 Å². The van der Waals surface area contributed by atoms with Gasteiger partial charge in [0.05, 0.1) is 16.4 Å². The predicted octanol–water partition coefficient (Wildman–Crippen LogP) is 3.75. The van der Waals surface area contributed by atoms with Crippen LogP contribution in [0, 0.1) is 0 Å². The fraction of sp³-hybridized carbons (Fsp3) is 0. The first-order valence-electron chi connectivity index (χ1n) is 8.29. The van der Waals surface area contributed by atoms with Gasteiger partial charge in [-0.3, -0.25) is 4.79 Å². The number of thiophene rings is 1. The zero-order chi connectivity index (χ0) is 19.7. The number of aromatic carboxylic acids is 1. The number of aromatic nitrogens is 2. The number of nitrogens with one attached hydrogen (secondary N) is 1. The molecule has 5 nitrogen and oxygen atoms in total. The molecule has 0 unspecified atom stereocenters. The number of benzene rings is 2. The van der Waals surface area contributed by atoms with Crippen LogP contribution in [0.5, 0.6) is 0 Å². The van der Waals surface area contributed by atoms with Crippen molar-refractivity contribution < 1.29 is 9.90 Å². The quantitative estimate of drug-likeness (QED) is 0.558. The molecule has 0 aliphatic carbocycles. The van der Waals surface area contributed by atoms with Gasteiger partial charge in [-0.25, -0.2) is 4.98 Å². The Balaban J connectivity index is 1.72.